The second-order valence-electron chi connectivity index (χ2n) is 6.58. The molecule has 1 aromatic carbocycles. The van der Waals surface area contributed by atoms with Crippen LogP contribution in [0.3, 0.4) is 0 Å². The zero-order chi connectivity index (χ0) is 19.3. The highest BCUT2D eigenvalue weighted by atomic mass is 32.1. The first-order valence-electron chi connectivity index (χ1n) is 9.19. The van der Waals surface area contributed by atoms with Crippen LogP contribution in [0.25, 0.3) is 0 Å². The number of carbonyl (C=O) groups excluding carboxylic acids is 2. The van der Waals surface area contributed by atoms with Gasteiger partial charge in [-0.3, -0.25) is 9.59 Å². The molecule has 2 amide bonds. The molecule has 0 radical (unpaired) electrons. The van der Waals surface area contributed by atoms with Crippen LogP contribution in [0.2, 0.25) is 0 Å². The summed E-state index contributed by atoms with van der Waals surface area (Å²) >= 11 is 1.66. The lowest BCUT2D eigenvalue weighted by Gasteiger charge is -2.30. The topological polar surface area (TPSA) is 74.6 Å². The maximum Gasteiger partial charge on any atom is 0.309 e. The van der Waals surface area contributed by atoms with E-state index in [0.717, 1.165) is 17.8 Å². The van der Waals surface area contributed by atoms with Crippen molar-refractivity contribution < 1.29 is 14.0 Å². The molecule has 0 bridgehead atoms. The second-order valence-corrected chi connectivity index (χ2v) is 7.55. The molecule has 0 saturated heterocycles. The third kappa shape index (κ3) is 3.94. The average molecular weight is 395 g/mol. The molecule has 0 unspecified atom stereocenters. The number of anilines is 1. The monoisotopic (exact) mass is 395 g/mol. The number of thiophene rings is 1. The van der Waals surface area contributed by atoms with Gasteiger partial charge in [0.15, 0.2) is 0 Å². The molecule has 0 aliphatic carbocycles. The van der Waals surface area contributed by atoms with Crippen LogP contribution < -0.4 is 15.5 Å². The van der Waals surface area contributed by atoms with Gasteiger partial charge in [-0.15, -0.1) is 11.3 Å². The minimum Gasteiger partial charge on any atom is -0.467 e. The number of benzene rings is 1. The van der Waals surface area contributed by atoms with Gasteiger partial charge in [0.05, 0.1) is 18.8 Å². The Kier molecular flexibility index (Phi) is 5.43. The van der Waals surface area contributed by atoms with Crippen molar-refractivity contribution in [2.45, 2.75) is 19.0 Å². The van der Waals surface area contributed by atoms with E-state index in [9.17, 15) is 9.59 Å². The van der Waals surface area contributed by atoms with Crippen LogP contribution in [0.1, 0.15) is 22.2 Å². The Bertz CT molecular complexity index is 938. The van der Waals surface area contributed by atoms with E-state index in [1.165, 1.54) is 17.5 Å². The average Bonchev–Trinajstić information content (AvgIpc) is 3.48. The first-order chi connectivity index (χ1) is 13.7. The van der Waals surface area contributed by atoms with E-state index in [-0.39, 0.29) is 12.6 Å². The maximum atomic E-state index is 12.3. The standard InChI is InChI=1S/C21H21N3O3S/c25-20(22-13-16-6-3-11-27-16)21(26)23-14-18(19-8-4-12-28-19)24-10-9-15-5-1-2-7-17(15)24/h1-8,11-12,18H,9-10,13-14H2,(H,22,25)(H,23,26)/t18-/m0/s1. The molecule has 1 atom stereocenters. The molecule has 1 aliphatic heterocycles. The molecule has 7 heteroatoms. The summed E-state index contributed by atoms with van der Waals surface area (Å²) in [6.07, 6.45) is 2.51. The van der Waals surface area contributed by atoms with Crippen molar-refractivity contribution in [2.75, 3.05) is 18.0 Å². The molecule has 3 heterocycles. The normalized spacial score (nSPS) is 13.8. The van der Waals surface area contributed by atoms with Crippen LogP contribution in [-0.2, 0) is 22.6 Å². The van der Waals surface area contributed by atoms with Crippen LogP contribution in [0.4, 0.5) is 5.69 Å². The van der Waals surface area contributed by atoms with Crippen molar-refractivity contribution in [1.29, 1.82) is 0 Å². The number of para-hydroxylation sites is 1. The van der Waals surface area contributed by atoms with Gasteiger partial charge in [-0.05, 0) is 41.6 Å². The minimum atomic E-state index is -0.664. The fraction of sp³-hybridized carbons (Fsp3) is 0.238. The third-order valence-electron chi connectivity index (χ3n) is 4.84. The summed E-state index contributed by atoms with van der Waals surface area (Å²) in [5, 5.41) is 7.39. The summed E-state index contributed by atoms with van der Waals surface area (Å²) in [5.41, 5.74) is 2.50. The highest BCUT2D eigenvalue weighted by Crippen LogP contribution is 2.36. The van der Waals surface area contributed by atoms with Gasteiger partial charge in [-0.1, -0.05) is 24.3 Å². The quantitative estimate of drug-likeness (QED) is 0.630. The fourth-order valence-electron chi connectivity index (χ4n) is 3.46. The number of fused-ring (bicyclic) bond motifs is 1. The number of nitrogens with zero attached hydrogens (tertiary/aromatic N) is 1. The number of furan rings is 1. The van der Waals surface area contributed by atoms with Gasteiger partial charge in [0.1, 0.15) is 5.76 Å². The fourth-order valence-corrected chi connectivity index (χ4v) is 4.30. The first kappa shape index (κ1) is 18.3. The van der Waals surface area contributed by atoms with Gasteiger partial charge in [-0.2, -0.15) is 0 Å². The van der Waals surface area contributed by atoms with Crippen LogP contribution in [-0.4, -0.2) is 24.9 Å². The molecule has 6 nitrogen and oxygen atoms in total. The lowest BCUT2D eigenvalue weighted by Crippen LogP contribution is -2.43. The Morgan fingerprint density at radius 3 is 2.71 bits per heavy atom. The Labute approximate surface area is 167 Å². The van der Waals surface area contributed by atoms with E-state index < -0.39 is 11.8 Å². The van der Waals surface area contributed by atoms with Gasteiger partial charge < -0.3 is 20.0 Å². The largest absolute Gasteiger partial charge is 0.467 e. The molecular formula is C21H21N3O3S. The van der Waals surface area contributed by atoms with E-state index >= 15 is 0 Å². The van der Waals surface area contributed by atoms with Crippen molar-refractivity contribution in [3.63, 3.8) is 0 Å². The van der Waals surface area contributed by atoms with Crippen LogP contribution in [0.15, 0.2) is 64.6 Å². The highest BCUT2D eigenvalue weighted by Gasteiger charge is 2.28. The predicted molar refractivity (Wildman–Crippen MR) is 108 cm³/mol. The molecule has 0 spiro atoms. The summed E-state index contributed by atoms with van der Waals surface area (Å²) < 4.78 is 5.16. The number of nitrogens with one attached hydrogen (secondary N) is 2. The summed E-state index contributed by atoms with van der Waals surface area (Å²) in [6.45, 7) is 1.44. The molecule has 28 heavy (non-hydrogen) atoms. The zero-order valence-corrected chi connectivity index (χ0v) is 16.1. The summed E-state index contributed by atoms with van der Waals surface area (Å²) in [5.74, 6) is -0.699. The summed E-state index contributed by atoms with van der Waals surface area (Å²) in [7, 11) is 0. The van der Waals surface area contributed by atoms with Crippen LogP contribution in [0.5, 0.6) is 0 Å². The molecular weight excluding hydrogens is 374 g/mol. The third-order valence-corrected chi connectivity index (χ3v) is 5.81. The van der Waals surface area contributed by atoms with E-state index in [0.29, 0.717) is 12.3 Å². The minimum absolute atomic E-state index is 0.00882. The van der Waals surface area contributed by atoms with E-state index in [2.05, 4.69) is 33.7 Å². The number of hydrogen-bond donors (Lipinski definition) is 2. The molecule has 4 rings (SSSR count). The van der Waals surface area contributed by atoms with Crippen molar-refractivity contribution in [3.05, 3.63) is 76.4 Å². The van der Waals surface area contributed by atoms with E-state index in [1.807, 2.05) is 23.6 Å². The Morgan fingerprint density at radius 1 is 1.07 bits per heavy atom. The Morgan fingerprint density at radius 2 is 1.93 bits per heavy atom. The number of rotatable bonds is 6. The molecule has 0 saturated carbocycles. The number of carbonyl (C=O) groups is 2. The number of amides is 2. The van der Waals surface area contributed by atoms with Crippen LogP contribution in [0, 0.1) is 0 Å². The predicted octanol–water partition coefficient (Wildman–Crippen LogP) is 2.88. The first-order valence-corrected chi connectivity index (χ1v) is 10.1. The van der Waals surface area contributed by atoms with Gasteiger partial charge in [0.25, 0.3) is 0 Å². The van der Waals surface area contributed by atoms with Gasteiger partial charge in [0.2, 0.25) is 0 Å². The summed E-state index contributed by atoms with van der Waals surface area (Å²) in [4.78, 5) is 27.8. The molecule has 2 aromatic heterocycles. The Hall–Kier alpha value is -3.06. The Balaban J connectivity index is 1.41. The molecule has 3 aromatic rings. The smallest absolute Gasteiger partial charge is 0.309 e. The zero-order valence-electron chi connectivity index (χ0n) is 15.3. The van der Waals surface area contributed by atoms with Crippen molar-refractivity contribution >= 4 is 28.8 Å². The van der Waals surface area contributed by atoms with E-state index in [1.54, 1.807) is 23.5 Å². The summed E-state index contributed by atoms with van der Waals surface area (Å²) in [6, 6.07) is 15.9. The lowest BCUT2D eigenvalue weighted by molar-refractivity contribution is -0.139. The van der Waals surface area contributed by atoms with Crippen molar-refractivity contribution in [1.82, 2.24) is 10.6 Å². The second kappa shape index (κ2) is 8.31. The highest BCUT2D eigenvalue weighted by molar-refractivity contribution is 7.10. The number of hydrogen-bond acceptors (Lipinski definition) is 5. The van der Waals surface area contributed by atoms with Crippen molar-refractivity contribution in [2.24, 2.45) is 0 Å². The van der Waals surface area contributed by atoms with Crippen LogP contribution >= 0.6 is 11.3 Å². The van der Waals surface area contributed by atoms with Gasteiger partial charge >= 0.3 is 11.8 Å². The van der Waals surface area contributed by atoms with Gasteiger partial charge in [0, 0.05) is 23.7 Å². The molecule has 144 valence electrons. The lowest BCUT2D eigenvalue weighted by atomic mass is 10.1. The molecule has 2 N–H and O–H groups in total. The van der Waals surface area contributed by atoms with Gasteiger partial charge in [-0.25, -0.2) is 0 Å². The molecule has 0 fully saturated rings. The van der Waals surface area contributed by atoms with Crippen molar-refractivity contribution in [3.8, 4) is 0 Å². The maximum absolute atomic E-state index is 12.3. The van der Waals surface area contributed by atoms with E-state index in [4.69, 9.17) is 4.42 Å². The molecule has 1 aliphatic rings. The SMILES string of the molecule is O=C(NCc1ccco1)C(=O)NC[C@@H](c1cccs1)N1CCc2ccccc21.